The summed E-state index contributed by atoms with van der Waals surface area (Å²) in [6, 6.07) is 1.85. The lowest BCUT2D eigenvalue weighted by Gasteiger charge is -2.38. The monoisotopic (exact) mass is 314 g/mol. The summed E-state index contributed by atoms with van der Waals surface area (Å²) in [5, 5.41) is 0. The molecule has 1 aliphatic rings. The molecule has 1 aliphatic heterocycles. The maximum atomic E-state index is 12.8. The molecule has 0 aromatic carbocycles. The Kier molecular flexibility index (Phi) is 4.12. The predicted molar refractivity (Wildman–Crippen MR) is 86.0 cm³/mol. The molecule has 1 saturated heterocycles. The van der Waals surface area contributed by atoms with E-state index in [1.165, 1.54) is 0 Å². The summed E-state index contributed by atoms with van der Waals surface area (Å²) in [6.45, 7) is 5.81. The van der Waals surface area contributed by atoms with E-state index in [4.69, 9.17) is 0 Å². The summed E-state index contributed by atoms with van der Waals surface area (Å²) in [7, 11) is 4.05. The molecule has 3 rings (SSSR count). The number of aromatic nitrogens is 4. The highest BCUT2D eigenvalue weighted by Gasteiger charge is 2.31. The molecule has 7 nitrogen and oxygen atoms in total. The number of piperazine rings is 1. The van der Waals surface area contributed by atoms with Crippen LogP contribution >= 0.6 is 0 Å². The number of nitrogens with zero attached hydrogens (tertiary/aromatic N) is 6. The van der Waals surface area contributed by atoms with Crippen molar-refractivity contribution < 1.29 is 4.79 Å². The Bertz CT molecular complexity index is 705. The summed E-state index contributed by atoms with van der Waals surface area (Å²) < 4.78 is 2.01. The quantitative estimate of drug-likeness (QED) is 0.826. The van der Waals surface area contributed by atoms with Crippen molar-refractivity contribution in [2.24, 2.45) is 7.05 Å². The molecule has 0 radical (unpaired) electrons. The van der Waals surface area contributed by atoms with Crippen LogP contribution in [-0.2, 0) is 7.05 Å². The van der Waals surface area contributed by atoms with E-state index in [-0.39, 0.29) is 11.9 Å². The average Bonchev–Trinajstić information content (AvgIpc) is 2.92. The number of hydrogen-bond acceptors (Lipinski definition) is 5. The van der Waals surface area contributed by atoms with Gasteiger partial charge >= 0.3 is 0 Å². The van der Waals surface area contributed by atoms with Crippen LogP contribution in [-0.4, -0.2) is 61.9 Å². The smallest absolute Gasteiger partial charge is 0.272 e. The van der Waals surface area contributed by atoms with Crippen molar-refractivity contribution in [3.8, 4) is 0 Å². The summed E-state index contributed by atoms with van der Waals surface area (Å²) >= 11 is 0. The highest BCUT2D eigenvalue weighted by Crippen LogP contribution is 2.23. The van der Waals surface area contributed by atoms with Crippen molar-refractivity contribution in [1.29, 1.82) is 0 Å². The first-order chi connectivity index (χ1) is 11.0. The molecule has 1 amide bonds. The van der Waals surface area contributed by atoms with Gasteiger partial charge in [-0.15, -0.1) is 0 Å². The number of likely N-dealkylation sites (N-methyl/N-ethyl adjacent to an activating group) is 1. The van der Waals surface area contributed by atoms with Crippen molar-refractivity contribution in [2.45, 2.75) is 19.9 Å². The van der Waals surface area contributed by atoms with Gasteiger partial charge in [0.05, 0.1) is 6.04 Å². The minimum atomic E-state index is -0.0362. The number of imidazole rings is 1. The Balaban J connectivity index is 1.83. The van der Waals surface area contributed by atoms with Gasteiger partial charge in [-0.2, -0.15) is 0 Å². The zero-order valence-corrected chi connectivity index (χ0v) is 14.0. The van der Waals surface area contributed by atoms with E-state index < -0.39 is 0 Å². The van der Waals surface area contributed by atoms with Crippen molar-refractivity contribution >= 4 is 5.91 Å². The van der Waals surface area contributed by atoms with E-state index in [1.54, 1.807) is 12.3 Å². The van der Waals surface area contributed by atoms with Gasteiger partial charge in [0.25, 0.3) is 5.91 Å². The highest BCUT2D eigenvalue weighted by atomic mass is 16.2. The zero-order chi connectivity index (χ0) is 16.6. The van der Waals surface area contributed by atoms with Gasteiger partial charge in [0.15, 0.2) is 0 Å². The number of carbonyl (C=O) groups is 1. The molecule has 3 heterocycles. The van der Waals surface area contributed by atoms with Gasteiger partial charge in [-0.3, -0.25) is 9.69 Å². The van der Waals surface area contributed by atoms with Crippen molar-refractivity contribution in [3.63, 3.8) is 0 Å². The number of amides is 1. The average molecular weight is 314 g/mol. The molecule has 0 bridgehead atoms. The van der Waals surface area contributed by atoms with Gasteiger partial charge < -0.3 is 9.47 Å². The zero-order valence-electron chi connectivity index (χ0n) is 14.0. The fourth-order valence-corrected chi connectivity index (χ4v) is 3.02. The Morgan fingerprint density at radius 1 is 1.22 bits per heavy atom. The first kappa shape index (κ1) is 15.6. The standard InChI is InChI=1S/C16H22N6O/c1-11-9-13(19-12(2)18-11)16(23)22-8-7-20(3)14(10-22)15-17-5-6-21(15)4/h5-6,9,14H,7-8,10H2,1-4H3/t14-/m1/s1. The topological polar surface area (TPSA) is 67.2 Å². The van der Waals surface area contributed by atoms with Gasteiger partial charge in [0.2, 0.25) is 0 Å². The fraction of sp³-hybridized carbons (Fsp3) is 0.500. The van der Waals surface area contributed by atoms with E-state index in [0.29, 0.717) is 24.6 Å². The first-order valence-corrected chi connectivity index (χ1v) is 7.74. The van der Waals surface area contributed by atoms with Crippen molar-refractivity contribution in [3.05, 3.63) is 41.5 Å². The van der Waals surface area contributed by atoms with Gasteiger partial charge in [0.1, 0.15) is 17.3 Å². The van der Waals surface area contributed by atoms with E-state index in [1.807, 2.05) is 36.6 Å². The molecule has 0 spiro atoms. The van der Waals surface area contributed by atoms with Crippen molar-refractivity contribution in [1.82, 2.24) is 29.3 Å². The SMILES string of the molecule is Cc1cc(C(=O)N2CCN(C)[C@@H](c3nccn3C)C2)nc(C)n1. The van der Waals surface area contributed by atoms with Crippen LogP contribution in [0.4, 0.5) is 0 Å². The Hall–Kier alpha value is -2.28. The van der Waals surface area contributed by atoms with Crippen LogP contribution in [0.25, 0.3) is 0 Å². The molecule has 1 fully saturated rings. The third-order valence-corrected chi connectivity index (χ3v) is 4.28. The van der Waals surface area contributed by atoms with Crippen LogP contribution in [0, 0.1) is 13.8 Å². The van der Waals surface area contributed by atoms with Gasteiger partial charge in [0, 0.05) is 44.8 Å². The first-order valence-electron chi connectivity index (χ1n) is 7.74. The van der Waals surface area contributed by atoms with Crippen molar-refractivity contribution in [2.75, 3.05) is 26.7 Å². The Labute approximate surface area is 136 Å². The molecule has 7 heteroatoms. The molecular formula is C16H22N6O. The normalized spacial score (nSPS) is 19.1. The van der Waals surface area contributed by atoms with E-state index in [2.05, 4.69) is 26.9 Å². The number of aryl methyl sites for hydroxylation is 3. The third kappa shape index (κ3) is 3.10. The maximum absolute atomic E-state index is 12.8. The second-order valence-electron chi connectivity index (χ2n) is 6.09. The number of rotatable bonds is 2. The van der Waals surface area contributed by atoms with Crippen LogP contribution in [0.5, 0.6) is 0 Å². The van der Waals surface area contributed by atoms with E-state index in [0.717, 1.165) is 18.1 Å². The second kappa shape index (κ2) is 6.08. The van der Waals surface area contributed by atoms with Gasteiger partial charge in [-0.25, -0.2) is 15.0 Å². The molecule has 122 valence electrons. The lowest BCUT2D eigenvalue weighted by molar-refractivity contribution is 0.0523. The maximum Gasteiger partial charge on any atom is 0.272 e. The van der Waals surface area contributed by atoms with Gasteiger partial charge in [-0.05, 0) is 27.0 Å². The van der Waals surface area contributed by atoms with E-state index in [9.17, 15) is 4.79 Å². The van der Waals surface area contributed by atoms with E-state index >= 15 is 0 Å². The molecular weight excluding hydrogens is 292 g/mol. The number of carbonyl (C=O) groups excluding carboxylic acids is 1. The Morgan fingerprint density at radius 2 is 2.00 bits per heavy atom. The van der Waals surface area contributed by atoms with Crippen LogP contribution in [0.1, 0.15) is 33.9 Å². The summed E-state index contributed by atoms with van der Waals surface area (Å²) in [4.78, 5) is 29.9. The fourth-order valence-electron chi connectivity index (χ4n) is 3.02. The second-order valence-corrected chi connectivity index (χ2v) is 6.09. The minimum absolute atomic E-state index is 0.0362. The molecule has 0 N–H and O–H groups in total. The summed E-state index contributed by atoms with van der Waals surface area (Å²) in [6.07, 6.45) is 3.72. The molecule has 0 unspecified atom stereocenters. The third-order valence-electron chi connectivity index (χ3n) is 4.28. The largest absolute Gasteiger partial charge is 0.337 e. The van der Waals surface area contributed by atoms with Crippen LogP contribution in [0.15, 0.2) is 18.5 Å². The minimum Gasteiger partial charge on any atom is -0.337 e. The molecule has 23 heavy (non-hydrogen) atoms. The Morgan fingerprint density at radius 3 is 2.65 bits per heavy atom. The molecule has 0 aliphatic carbocycles. The highest BCUT2D eigenvalue weighted by molar-refractivity contribution is 5.92. The molecule has 2 aromatic heterocycles. The summed E-state index contributed by atoms with van der Waals surface area (Å²) in [5.41, 5.74) is 1.29. The van der Waals surface area contributed by atoms with Crippen LogP contribution in [0.2, 0.25) is 0 Å². The number of hydrogen-bond donors (Lipinski definition) is 0. The summed E-state index contributed by atoms with van der Waals surface area (Å²) in [5.74, 6) is 1.56. The predicted octanol–water partition coefficient (Wildman–Crippen LogP) is 0.956. The lowest BCUT2D eigenvalue weighted by atomic mass is 10.1. The molecule has 2 aromatic rings. The lowest BCUT2D eigenvalue weighted by Crippen LogP contribution is -2.49. The van der Waals surface area contributed by atoms with Crippen LogP contribution < -0.4 is 0 Å². The molecule has 0 saturated carbocycles. The van der Waals surface area contributed by atoms with Crippen LogP contribution in [0.3, 0.4) is 0 Å². The molecule has 1 atom stereocenters. The van der Waals surface area contributed by atoms with Gasteiger partial charge in [-0.1, -0.05) is 0 Å².